The lowest BCUT2D eigenvalue weighted by molar-refractivity contribution is 0.198. The highest BCUT2D eigenvalue weighted by atomic mass is 19.1. The molecule has 0 bridgehead atoms. The predicted octanol–water partition coefficient (Wildman–Crippen LogP) is 4.39. The van der Waals surface area contributed by atoms with E-state index in [1.807, 2.05) is 49.6 Å². The van der Waals surface area contributed by atoms with E-state index in [1.54, 1.807) is 21.8 Å². The maximum absolute atomic E-state index is 15.0. The van der Waals surface area contributed by atoms with E-state index in [0.29, 0.717) is 35.6 Å². The number of rotatable bonds is 4. The number of carbonyl (C=O) groups is 1. The summed E-state index contributed by atoms with van der Waals surface area (Å²) in [4.78, 5) is 26.4. The normalized spacial score (nSPS) is 12.8. The van der Waals surface area contributed by atoms with Gasteiger partial charge in [-0.1, -0.05) is 36.4 Å². The van der Waals surface area contributed by atoms with Crippen LogP contribution >= 0.6 is 0 Å². The van der Waals surface area contributed by atoms with E-state index in [9.17, 15) is 4.79 Å². The van der Waals surface area contributed by atoms with Crippen molar-refractivity contribution in [3.8, 4) is 22.5 Å². The van der Waals surface area contributed by atoms with Crippen LogP contribution in [0.25, 0.3) is 33.5 Å². The molecule has 0 atom stereocenters. The molecule has 0 saturated carbocycles. The first-order valence-electron chi connectivity index (χ1n) is 11.3. The van der Waals surface area contributed by atoms with Crippen molar-refractivity contribution in [3.05, 3.63) is 89.8 Å². The van der Waals surface area contributed by atoms with Crippen LogP contribution in [-0.4, -0.2) is 35.7 Å². The van der Waals surface area contributed by atoms with Gasteiger partial charge in [0.25, 0.3) is 0 Å². The molecule has 0 spiro atoms. The van der Waals surface area contributed by atoms with Crippen LogP contribution in [0.15, 0.2) is 67.3 Å². The first-order chi connectivity index (χ1) is 17.0. The van der Waals surface area contributed by atoms with Crippen molar-refractivity contribution >= 4 is 17.1 Å². The number of aryl methyl sites for hydroxylation is 1. The van der Waals surface area contributed by atoms with E-state index in [4.69, 9.17) is 0 Å². The number of aromatic nitrogens is 5. The Morgan fingerprint density at radius 3 is 2.60 bits per heavy atom. The molecule has 35 heavy (non-hydrogen) atoms. The number of carbonyl (C=O) groups excluding carboxylic acids is 1. The minimum Gasteiger partial charge on any atom is -0.339 e. The summed E-state index contributed by atoms with van der Waals surface area (Å²) in [5.74, 6) is -0.401. The molecule has 2 N–H and O–H groups in total. The van der Waals surface area contributed by atoms with Gasteiger partial charge in [0, 0.05) is 55.0 Å². The van der Waals surface area contributed by atoms with E-state index in [2.05, 4.69) is 25.4 Å². The molecule has 2 aromatic carbocycles. The zero-order valence-corrected chi connectivity index (χ0v) is 19.0. The first kappa shape index (κ1) is 21.0. The number of benzene rings is 2. The van der Waals surface area contributed by atoms with E-state index >= 15 is 4.39 Å². The van der Waals surface area contributed by atoms with Crippen molar-refractivity contribution in [3.63, 3.8) is 0 Å². The van der Waals surface area contributed by atoms with E-state index in [1.165, 1.54) is 12.4 Å². The molecular formula is C26H22FN7O. The van der Waals surface area contributed by atoms with Gasteiger partial charge in [-0.15, -0.1) is 0 Å². The summed E-state index contributed by atoms with van der Waals surface area (Å²) in [5.41, 5.74) is 6.42. The highest BCUT2D eigenvalue weighted by Gasteiger charge is 2.23. The van der Waals surface area contributed by atoms with Crippen molar-refractivity contribution in [2.45, 2.75) is 19.6 Å². The Morgan fingerprint density at radius 2 is 1.89 bits per heavy atom. The number of urea groups is 1. The SMILES string of the molecule is Cn1cc(-c2cc3c(-c4ccc(CNC(=O)N5Cc6ccccc6C5)c(F)c4)ncnc3[nH]2)cn1. The van der Waals surface area contributed by atoms with Crippen LogP contribution in [0.1, 0.15) is 16.7 Å². The number of fused-ring (bicyclic) bond motifs is 2. The molecule has 174 valence electrons. The topological polar surface area (TPSA) is 91.7 Å². The van der Waals surface area contributed by atoms with Gasteiger partial charge in [0.15, 0.2) is 0 Å². The summed E-state index contributed by atoms with van der Waals surface area (Å²) < 4.78 is 16.7. The van der Waals surface area contributed by atoms with Gasteiger partial charge in [0.05, 0.1) is 17.6 Å². The number of hydrogen-bond donors (Lipinski definition) is 2. The van der Waals surface area contributed by atoms with Crippen LogP contribution in [0, 0.1) is 5.82 Å². The monoisotopic (exact) mass is 467 g/mol. The number of nitrogens with zero attached hydrogens (tertiary/aromatic N) is 5. The lowest BCUT2D eigenvalue weighted by Gasteiger charge is -2.16. The van der Waals surface area contributed by atoms with E-state index in [0.717, 1.165) is 27.8 Å². The molecule has 3 aromatic heterocycles. The van der Waals surface area contributed by atoms with Crippen LogP contribution in [0.4, 0.5) is 9.18 Å². The third-order valence-corrected chi connectivity index (χ3v) is 6.33. The number of hydrogen-bond acceptors (Lipinski definition) is 4. The number of amides is 2. The van der Waals surface area contributed by atoms with Gasteiger partial charge in [0.1, 0.15) is 17.8 Å². The van der Waals surface area contributed by atoms with Crippen molar-refractivity contribution in [2.75, 3.05) is 0 Å². The van der Waals surface area contributed by atoms with Gasteiger partial charge in [0.2, 0.25) is 0 Å². The Labute approximate surface area is 200 Å². The largest absolute Gasteiger partial charge is 0.339 e. The molecule has 0 aliphatic carbocycles. The second-order valence-corrected chi connectivity index (χ2v) is 8.66. The Balaban J connectivity index is 1.20. The minimum atomic E-state index is -0.401. The fourth-order valence-electron chi connectivity index (χ4n) is 4.48. The molecule has 0 radical (unpaired) electrons. The Bertz CT molecular complexity index is 1550. The third kappa shape index (κ3) is 3.90. The Kier molecular flexibility index (Phi) is 5.02. The predicted molar refractivity (Wildman–Crippen MR) is 129 cm³/mol. The third-order valence-electron chi connectivity index (χ3n) is 6.33. The van der Waals surface area contributed by atoms with E-state index in [-0.39, 0.29) is 12.6 Å². The van der Waals surface area contributed by atoms with E-state index < -0.39 is 5.82 Å². The van der Waals surface area contributed by atoms with Gasteiger partial charge < -0.3 is 15.2 Å². The quantitative estimate of drug-likeness (QED) is 0.410. The molecule has 0 saturated heterocycles. The smallest absolute Gasteiger partial charge is 0.318 e. The van der Waals surface area contributed by atoms with Crippen molar-refractivity contribution < 1.29 is 9.18 Å². The molecule has 1 aliphatic rings. The summed E-state index contributed by atoms with van der Waals surface area (Å²) in [6.45, 7) is 1.22. The van der Waals surface area contributed by atoms with Gasteiger partial charge in [-0.2, -0.15) is 5.10 Å². The average molecular weight is 468 g/mol. The molecule has 4 heterocycles. The van der Waals surface area contributed by atoms with Crippen LogP contribution in [0.2, 0.25) is 0 Å². The van der Waals surface area contributed by atoms with Gasteiger partial charge in [-0.3, -0.25) is 4.68 Å². The zero-order chi connectivity index (χ0) is 23.9. The molecule has 9 heteroatoms. The lowest BCUT2D eigenvalue weighted by atomic mass is 10.1. The summed E-state index contributed by atoms with van der Waals surface area (Å²) in [6.07, 6.45) is 5.13. The summed E-state index contributed by atoms with van der Waals surface area (Å²) in [5, 5.41) is 7.84. The Hall–Kier alpha value is -4.53. The second kappa shape index (κ2) is 8.35. The molecule has 0 fully saturated rings. The van der Waals surface area contributed by atoms with Crippen LogP contribution < -0.4 is 5.32 Å². The van der Waals surface area contributed by atoms with Crippen LogP contribution in [-0.2, 0) is 26.7 Å². The fourth-order valence-corrected chi connectivity index (χ4v) is 4.48. The molecule has 2 amide bonds. The number of nitrogens with one attached hydrogen (secondary N) is 2. The average Bonchev–Trinajstić information content (AvgIpc) is 3.60. The Morgan fingerprint density at radius 1 is 1.09 bits per heavy atom. The zero-order valence-electron chi connectivity index (χ0n) is 19.0. The van der Waals surface area contributed by atoms with Gasteiger partial charge in [-0.05, 0) is 23.3 Å². The molecule has 1 aliphatic heterocycles. The molecular weight excluding hydrogens is 445 g/mol. The standard InChI is InChI=1S/C26H22FN7O/c1-33-12-20(11-31-33)23-9-21-24(29-15-30-25(21)32-23)16-6-7-17(22(27)8-16)10-28-26(35)34-13-18-4-2-3-5-19(18)14-34/h2-9,11-12,15H,10,13-14H2,1H3,(H,28,35)(H,29,30,32). The number of halogens is 1. The van der Waals surface area contributed by atoms with Gasteiger partial charge >= 0.3 is 6.03 Å². The maximum Gasteiger partial charge on any atom is 0.318 e. The van der Waals surface area contributed by atoms with Crippen molar-refractivity contribution in [1.82, 2.24) is 34.9 Å². The van der Waals surface area contributed by atoms with Crippen molar-refractivity contribution in [2.24, 2.45) is 7.05 Å². The highest BCUT2D eigenvalue weighted by molar-refractivity contribution is 5.94. The summed E-state index contributed by atoms with van der Waals surface area (Å²) in [7, 11) is 1.86. The molecule has 8 nitrogen and oxygen atoms in total. The summed E-state index contributed by atoms with van der Waals surface area (Å²) >= 11 is 0. The number of H-pyrrole nitrogens is 1. The molecule has 6 rings (SSSR count). The maximum atomic E-state index is 15.0. The summed E-state index contributed by atoms with van der Waals surface area (Å²) in [6, 6.07) is 14.7. The van der Waals surface area contributed by atoms with Gasteiger partial charge in [-0.25, -0.2) is 19.2 Å². The van der Waals surface area contributed by atoms with Crippen LogP contribution in [0.3, 0.4) is 0 Å². The molecule has 5 aromatic rings. The first-order valence-corrected chi connectivity index (χ1v) is 11.3. The fraction of sp³-hybridized carbons (Fsp3) is 0.154. The van der Waals surface area contributed by atoms with Crippen molar-refractivity contribution in [1.29, 1.82) is 0 Å². The highest BCUT2D eigenvalue weighted by Crippen LogP contribution is 2.30. The minimum absolute atomic E-state index is 0.103. The molecule has 0 unspecified atom stereocenters. The number of aromatic amines is 1. The van der Waals surface area contributed by atoms with Crippen LogP contribution in [0.5, 0.6) is 0 Å². The lowest BCUT2D eigenvalue weighted by Crippen LogP contribution is -2.36. The second-order valence-electron chi connectivity index (χ2n) is 8.66.